The fraction of sp³-hybridized carbons (Fsp3) is 0.182. The van der Waals surface area contributed by atoms with E-state index in [9.17, 15) is 22.4 Å². The monoisotopic (exact) mass is 434 g/mol. The van der Waals surface area contributed by atoms with E-state index in [4.69, 9.17) is 4.74 Å². The Kier molecular flexibility index (Phi) is 6.43. The molecule has 31 heavy (non-hydrogen) atoms. The Balaban J connectivity index is 1.76. The first-order valence-corrected chi connectivity index (χ1v) is 9.10. The van der Waals surface area contributed by atoms with Gasteiger partial charge in [-0.3, -0.25) is 4.68 Å². The molecular formula is C22H18F4N2O3. The molecule has 0 radical (unpaired) electrons. The third-order valence-electron chi connectivity index (χ3n) is 4.31. The highest BCUT2D eigenvalue weighted by molar-refractivity contribution is 5.89. The number of halogens is 4. The molecule has 5 nitrogen and oxygen atoms in total. The molecule has 3 aromatic rings. The molecule has 0 aliphatic carbocycles. The fourth-order valence-corrected chi connectivity index (χ4v) is 2.86. The Labute approximate surface area is 175 Å². The number of hydrogen-bond donors (Lipinski definition) is 0. The van der Waals surface area contributed by atoms with Crippen molar-refractivity contribution in [3.63, 3.8) is 0 Å². The summed E-state index contributed by atoms with van der Waals surface area (Å²) in [7, 11) is 1.30. The zero-order valence-electron chi connectivity index (χ0n) is 16.6. The van der Waals surface area contributed by atoms with Crippen LogP contribution >= 0.6 is 0 Å². The highest BCUT2D eigenvalue weighted by atomic mass is 19.4. The Hall–Kier alpha value is -3.62. The molecule has 9 heteroatoms. The second kappa shape index (κ2) is 9.03. The van der Waals surface area contributed by atoms with Crippen LogP contribution in [0.2, 0.25) is 0 Å². The van der Waals surface area contributed by atoms with E-state index in [1.54, 1.807) is 35.9 Å². The zero-order chi connectivity index (χ0) is 22.6. The van der Waals surface area contributed by atoms with Crippen LogP contribution in [0.3, 0.4) is 0 Å². The number of carbonyl (C=O) groups excluding carboxylic acids is 1. The van der Waals surface area contributed by atoms with E-state index in [0.29, 0.717) is 23.4 Å². The van der Waals surface area contributed by atoms with E-state index in [1.165, 1.54) is 25.3 Å². The maximum absolute atomic E-state index is 14.7. The van der Waals surface area contributed by atoms with E-state index >= 15 is 0 Å². The van der Waals surface area contributed by atoms with Gasteiger partial charge in [-0.25, -0.2) is 9.18 Å². The first-order valence-electron chi connectivity index (χ1n) is 9.10. The molecule has 0 aliphatic rings. The van der Waals surface area contributed by atoms with Gasteiger partial charge in [0.05, 0.1) is 19.2 Å². The Morgan fingerprint density at radius 1 is 1.13 bits per heavy atom. The highest BCUT2D eigenvalue weighted by Gasteiger charge is 2.30. The third-order valence-corrected chi connectivity index (χ3v) is 4.31. The van der Waals surface area contributed by atoms with Crippen LogP contribution in [0.25, 0.3) is 11.9 Å². The molecule has 1 aromatic heterocycles. The lowest BCUT2D eigenvalue weighted by atomic mass is 10.1. The topological polar surface area (TPSA) is 53.4 Å². The number of rotatable bonds is 6. The number of carbonyl (C=O) groups is 1. The van der Waals surface area contributed by atoms with Crippen molar-refractivity contribution < 1.29 is 31.8 Å². The molecule has 0 N–H and O–H groups in total. The molecule has 3 rings (SSSR count). The van der Waals surface area contributed by atoms with Crippen LogP contribution in [0.5, 0.6) is 5.75 Å². The minimum Gasteiger partial charge on any atom is -0.465 e. The smallest absolute Gasteiger partial charge is 0.465 e. The summed E-state index contributed by atoms with van der Waals surface area (Å²) in [5, 5.41) is 4.25. The number of ether oxygens (including phenoxy) is 2. The van der Waals surface area contributed by atoms with Crippen molar-refractivity contribution >= 4 is 17.9 Å². The molecule has 0 atom stereocenters. The number of esters is 1. The van der Waals surface area contributed by atoms with Crippen molar-refractivity contribution in [2.75, 3.05) is 7.11 Å². The summed E-state index contributed by atoms with van der Waals surface area (Å²) < 4.78 is 61.4. The fourth-order valence-electron chi connectivity index (χ4n) is 2.86. The van der Waals surface area contributed by atoms with E-state index in [1.807, 2.05) is 6.07 Å². The number of hydrogen-bond acceptors (Lipinski definition) is 4. The van der Waals surface area contributed by atoms with Crippen molar-refractivity contribution in [3.05, 3.63) is 82.7 Å². The van der Waals surface area contributed by atoms with Crippen LogP contribution < -0.4 is 4.74 Å². The number of benzene rings is 2. The van der Waals surface area contributed by atoms with Crippen LogP contribution in [0.15, 0.2) is 54.6 Å². The summed E-state index contributed by atoms with van der Waals surface area (Å²) in [5.74, 6) is -1.49. The summed E-state index contributed by atoms with van der Waals surface area (Å²) in [6, 6.07) is 13.2. The average Bonchev–Trinajstić information content (AvgIpc) is 3.08. The van der Waals surface area contributed by atoms with E-state index in [2.05, 4.69) is 9.84 Å². The summed E-state index contributed by atoms with van der Waals surface area (Å²) in [4.78, 5) is 11.7. The van der Waals surface area contributed by atoms with Crippen LogP contribution in [0.4, 0.5) is 17.6 Å². The van der Waals surface area contributed by atoms with Gasteiger partial charge >= 0.3 is 12.3 Å². The molecule has 0 amide bonds. The lowest BCUT2D eigenvalue weighted by Crippen LogP contribution is -2.16. The Bertz CT molecular complexity index is 1100. The number of methoxy groups -OCH3 is 1. The molecule has 1 heterocycles. The summed E-state index contributed by atoms with van der Waals surface area (Å²) in [6.07, 6.45) is -3.62. The van der Waals surface area contributed by atoms with Gasteiger partial charge in [0.2, 0.25) is 0 Å². The lowest BCUT2D eigenvalue weighted by molar-refractivity contribution is -0.274. The van der Waals surface area contributed by atoms with Crippen LogP contribution in [0.1, 0.15) is 32.9 Å². The van der Waals surface area contributed by atoms with Crippen LogP contribution in [-0.4, -0.2) is 29.2 Å². The molecular weight excluding hydrogens is 416 g/mol. The predicted molar refractivity (Wildman–Crippen MR) is 106 cm³/mol. The van der Waals surface area contributed by atoms with E-state index in [-0.39, 0.29) is 11.4 Å². The van der Waals surface area contributed by atoms with Crippen molar-refractivity contribution in [2.24, 2.45) is 0 Å². The number of aryl methyl sites for hydroxylation is 1. The summed E-state index contributed by atoms with van der Waals surface area (Å²) >= 11 is 0. The standard InChI is InChI=1S/C22H18F4N2O3/c1-14-10-20(19(23)12-15-6-8-18(9-7-15)31-22(24,25)26)27-28(14)13-16-4-3-5-17(11-16)21(29)30-2/h3-12H,13H2,1-2H3/b19-12-. The number of alkyl halides is 3. The summed E-state index contributed by atoms with van der Waals surface area (Å²) in [6.45, 7) is 2.07. The van der Waals surface area contributed by atoms with Gasteiger partial charge in [-0.2, -0.15) is 5.10 Å². The molecule has 162 valence electrons. The minimum atomic E-state index is -4.79. The maximum Gasteiger partial charge on any atom is 0.573 e. The largest absolute Gasteiger partial charge is 0.573 e. The van der Waals surface area contributed by atoms with Gasteiger partial charge in [-0.15, -0.1) is 13.2 Å². The number of aromatic nitrogens is 2. The molecule has 2 aromatic carbocycles. The first kappa shape index (κ1) is 22.1. The molecule has 0 aliphatic heterocycles. The predicted octanol–water partition coefficient (Wildman–Crippen LogP) is 5.39. The molecule has 0 unspecified atom stereocenters. The van der Waals surface area contributed by atoms with Gasteiger partial charge in [-0.05, 0) is 54.5 Å². The molecule has 0 saturated heterocycles. The van der Waals surface area contributed by atoms with E-state index in [0.717, 1.165) is 17.7 Å². The van der Waals surface area contributed by atoms with Crippen molar-refractivity contribution in [1.82, 2.24) is 9.78 Å². The maximum atomic E-state index is 14.7. The van der Waals surface area contributed by atoms with Gasteiger partial charge in [-0.1, -0.05) is 24.3 Å². The Morgan fingerprint density at radius 3 is 2.48 bits per heavy atom. The summed E-state index contributed by atoms with van der Waals surface area (Å²) in [5.41, 5.74) is 2.30. The molecule has 0 fully saturated rings. The van der Waals surface area contributed by atoms with Gasteiger partial charge in [0.15, 0.2) is 5.83 Å². The zero-order valence-corrected chi connectivity index (χ0v) is 16.6. The molecule has 0 bridgehead atoms. The minimum absolute atomic E-state index is 0.0808. The number of nitrogens with zero attached hydrogens (tertiary/aromatic N) is 2. The van der Waals surface area contributed by atoms with Gasteiger partial charge in [0.25, 0.3) is 0 Å². The van der Waals surface area contributed by atoms with Crippen molar-refractivity contribution in [3.8, 4) is 5.75 Å². The Morgan fingerprint density at radius 2 is 1.84 bits per heavy atom. The second-order valence-corrected chi connectivity index (χ2v) is 6.63. The van der Waals surface area contributed by atoms with Crippen molar-refractivity contribution in [1.29, 1.82) is 0 Å². The quantitative estimate of drug-likeness (QED) is 0.386. The molecule has 0 spiro atoms. The lowest BCUT2D eigenvalue weighted by Gasteiger charge is -2.08. The van der Waals surface area contributed by atoms with Gasteiger partial charge < -0.3 is 9.47 Å². The molecule has 0 saturated carbocycles. The van der Waals surface area contributed by atoms with Crippen molar-refractivity contribution in [2.45, 2.75) is 19.8 Å². The van der Waals surface area contributed by atoms with E-state index < -0.39 is 18.2 Å². The van der Waals surface area contributed by atoms with Gasteiger partial charge in [0.1, 0.15) is 11.4 Å². The van der Waals surface area contributed by atoms with Gasteiger partial charge in [0, 0.05) is 5.69 Å². The SMILES string of the molecule is COC(=O)c1cccc(Cn2nc(/C(F)=C/c3ccc(OC(F)(F)F)cc3)cc2C)c1. The van der Waals surface area contributed by atoms with Crippen LogP contribution in [0, 0.1) is 6.92 Å². The van der Waals surface area contributed by atoms with Crippen LogP contribution in [-0.2, 0) is 11.3 Å². The average molecular weight is 434 g/mol. The normalized spacial score (nSPS) is 12.0. The highest BCUT2D eigenvalue weighted by Crippen LogP contribution is 2.25. The third kappa shape index (κ3) is 5.94. The first-order chi connectivity index (χ1) is 14.6. The second-order valence-electron chi connectivity index (χ2n) is 6.63.